The van der Waals surface area contributed by atoms with Crippen molar-refractivity contribution < 1.29 is 32.9 Å². The van der Waals surface area contributed by atoms with Crippen molar-refractivity contribution in [3.8, 4) is 0 Å². The fourth-order valence-corrected chi connectivity index (χ4v) is 5.32. The van der Waals surface area contributed by atoms with Crippen LogP contribution in [0.1, 0.15) is 129 Å². The number of aliphatic hydroxyl groups is 1. The van der Waals surface area contributed by atoms with Gasteiger partial charge in [0.1, 0.15) is 13.2 Å². The molecule has 0 spiro atoms. The fraction of sp³-hybridized carbons (Fsp3) is 0.757. The second kappa shape index (κ2) is 29.6. The minimum atomic E-state index is -4.59. The van der Waals surface area contributed by atoms with E-state index < -0.39 is 26.6 Å². The number of unbranched alkanes of at least 4 members (excludes halogenated alkanes) is 12. The number of hydrogen-bond donors (Lipinski definition) is 2. The number of allylic oxidation sites excluding steroid dienone is 7. The zero-order chi connectivity index (χ0) is 34.4. The summed E-state index contributed by atoms with van der Waals surface area (Å²) in [6, 6.07) is -0.910. The molecule has 2 N–H and O–H groups in total. The summed E-state index contributed by atoms with van der Waals surface area (Å²) in [6.07, 6.45) is 34.5. The van der Waals surface area contributed by atoms with Crippen LogP contribution in [0.5, 0.6) is 0 Å². The molecule has 0 aromatic rings. The van der Waals surface area contributed by atoms with Gasteiger partial charge in [0.05, 0.1) is 39.9 Å². The Morgan fingerprint density at radius 2 is 1.28 bits per heavy atom. The van der Waals surface area contributed by atoms with E-state index in [0.717, 1.165) is 70.6 Å². The number of nitrogens with one attached hydrogen (secondary N) is 1. The van der Waals surface area contributed by atoms with Crippen molar-refractivity contribution >= 4 is 13.7 Å². The van der Waals surface area contributed by atoms with Crippen LogP contribution in [-0.4, -0.2) is 68.5 Å². The number of carbonyl (C=O) groups excluding carboxylic acids is 1. The molecule has 0 aliphatic rings. The van der Waals surface area contributed by atoms with Gasteiger partial charge in [0.15, 0.2) is 0 Å². The lowest BCUT2D eigenvalue weighted by Crippen LogP contribution is -2.45. The van der Waals surface area contributed by atoms with Crippen molar-refractivity contribution in [3.05, 3.63) is 48.6 Å². The average Bonchev–Trinajstić information content (AvgIpc) is 2.99. The smallest absolute Gasteiger partial charge is 0.268 e. The van der Waals surface area contributed by atoms with Gasteiger partial charge in [0.2, 0.25) is 5.91 Å². The number of rotatable bonds is 31. The molecule has 0 aromatic heterocycles. The summed E-state index contributed by atoms with van der Waals surface area (Å²) in [5.74, 6) is -0.227. The zero-order valence-electron chi connectivity index (χ0n) is 30.0. The van der Waals surface area contributed by atoms with Crippen LogP contribution in [0.15, 0.2) is 48.6 Å². The summed E-state index contributed by atoms with van der Waals surface area (Å²) >= 11 is 0. The third-order valence-corrected chi connectivity index (χ3v) is 8.46. The summed E-state index contributed by atoms with van der Waals surface area (Å²) in [6.45, 7) is 4.43. The van der Waals surface area contributed by atoms with Gasteiger partial charge in [-0.3, -0.25) is 9.36 Å². The summed E-state index contributed by atoms with van der Waals surface area (Å²) in [7, 11) is 1.22. The number of carbonyl (C=O) groups is 1. The number of hydrogen-bond acceptors (Lipinski definition) is 6. The summed E-state index contributed by atoms with van der Waals surface area (Å²) < 4.78 is 23.0. The topological polar surface area (TPSA) is 108 Å². The SMILES string of the molecule is CC/C=C/CC/C=C/CC/C=C/C(O)C(COP(=O)([O-])OCC[N+](C)(C)C)NC(=O)CCCCCCC/C=C\CCCCCCC. The number of amides is 1. The van der Waals surface area contributed by atoms with E-state index in [2.05, 4.69) is 55.6 Å². The number of phosphoric ester groups is 1. The van der Waals surface area contributed by atoms with Crippen LogP contribution in [0, 0.1) is 0 Å². The van der Waals surface area contributed by atoms with Crippen molar-refractivity contribution in [2.24, 2.45) is 0 Å². The van der Waals surface area contributed by atoms with E-state index in [1.165, 1.54) is 38.5 Å². The third kappa shape index (κ3) is 31.1. The molecule has 3 atom stereocenters. The highest BCUT2D eigenvalue weighted by Crippen LogP contribution is 2.38. The quantitative estimate of drug-likeness (QED) is 0.0333. The van der Waals surface area contributed by atoms with Crippen LogP contribution in [0.3, 0.4) is 0 Å². The first-order valence-corrected chi connectivity index (χ1v) is 19.5. The van der Waals surface area contributed by atoms with Crippen LogP contribution in [0.4, 0.5) is 0 Å². The summed E-state index contributed by atoms with van der Waals surface area (Å²) in [5, 5.41) is 13.6. The standard InChI is InChI=1S/C37H69N2O6P/c1-6-8-10-12-14-16-18-19-20-21-23-25-27-29-31-37(41)38-35(34-45-46(42,43)44-33-32-39(3,4)5)36(40)30-28-26-24-22-17-15-13-11-9-7-2/h9,11,17-19,22,28,30,35-36,40H,6-8,10,12-16,20-21,23-27,29,31-34H2,1-5H3,(H-,38,41,42,43)/b11-9+,19-18-,22-17+,30-28+. The van der Waals surface area contributed by atoms with Gasteiger partial charge in [-0.25, -0.2) is 0 Å². The van der Waals surface area contributed by atoms with Gasteiger partial charge < -0.3 is 28.8 Å². The predicted octanol–water partition coefficient (Wildman–Crippen LogP) is 8.33. The molecule has 0 rings (SSSR count). The molecule has 0 bridgehead atoms. The minimum absolute atomic E-state index is 0.0123. The Balaban J connectivity index is 4.62. The molecule has 0 heterocycles. The molecule has 0 saturated carbocycles. The predicted molar refractivity (Wildman–Crippen MR) is 191 cm³/mol. The maximum atomic E-state index is 12.7. The molecule has 0 radical (unpaired) electrons. The van der Waals surface area contributed by atoms with Gasteiger partial charge in [0, 0.05) is 6.42 Å². The number of nitrogens with zero attached hydrogens (tertiary/aromatic N) is 1. The molecular formula is C37H69N2O6P. The highest BCUT2D eigenvalue weighted by atomic mass is 31.2. The number of likely N-dealkylation sites (N-methyl/N-ethyl adjacent to an activating group) is 1. The minimum Gasteiger partial charge on any atom is -0.756 e. The largest absolute Gasteiger partial charge is 0.756 e. The van der Waals surface area contributed by atoms with E-state index in [9.17, 15) is 19.4 Å². The Hall–Kier alpha value is -1.54. The van der Waals surface area contributed by atoms with E-state index in [1.807, 2.05) is 27.2 Å². The first kappa shape index (κ1) is 44.5. The maximum absolute atomic E-state index is 12.7. The molecule has 1 amide bonds. The fourth-order valence-electron chi connectivity index (χ4n) is 4.59. The lowest BCUT2D eigenvalue weighted by Gasteiger charge is -2.29. The van der Waals surface area contributed by atoms with Crippen molar-refractivity contribution in [2.75, 3.05) is 40.9 Å². The molecule has 0 fully saturated rings. The average molecular weight is 669 g/mol. The molecule has 0 aliphatic heterocycles. The Bertz CT molecular complexity index is 897. The number of phosphoric acid groups is 1. The molecule has 0 aromatic carbocycles. The van der Waals surface area contributed by atoms with Crippen LogP contribution in [-0.2, 0) is 18.4 Å². The van der Waals surface area contributed by atoms with E-state index in [-0.39, 0.29) is 12.5 Å². The van der Waals surface area contributed by atoms with Crippen LogP contribution < -0.4 is 10.2 Å². The molecule has 46 heavy (non-hydrogen) atoms. The van der Waals surface area contributed by atoms with E-state index >= 15 is 0 Å². The third-order valence-electron chi connectivity index (χ3n) is 7.50. The van der Waals surface area contributed by atoms with Gasteiger partial charge >= 0.3 is 0 Å². The molecule has 0 aliphatic carbocycles. The summed E-state index contributed by atoms with van der Waals surface area (Å²) in [5.41, 5.74) is 0. The Morgan fingerprint density at radius 1 is 0.761 bits per heavy atom. The molecule has 9 heteroatoms. The Morgan fingerprint density at radius 3 is 1.87 bits per heavy atom. The molecular weight excluding hydrogens is 599 g/mol. The van der Waals surface area contributed by atoms with Crippen LogP contribution in [0.2, 0.25) is 0 Å². The first-order chi connectivity index (χ1) is 22.0. The summed E-state index contributed by atoms with van der Waals surface area (Å²) in [4.78, 5) is 25.1. The lowest BCUT2D eigenvalue weighted by molar-refractivity contribution is -0.870. The van der Waals surface area contributed by atoms with Crippen LogP contribution in [0.25, 0.3) is 0 Å². The maximum Gasteiger partial charge on any atom is 0.268 e. The Labute approximate surface area is 282 Å². The lowest BCUT2D eigenvalue weighted by atomic mass is 10.1. The molecule has 0 saturated heterocycles. The second-order valence-electron chi connectivity index (χ2n) is 13.2. The molecule has 8 nitrogen and oxygen atoms in total. The molecule has 268 valence electrons. The van der Waals surface area contributed by atoms with Gasteiger partial charge in [-0.1, -0.05) is 107 Å². The van der Waals surface area contributed by atoms with Crippen molar-refractivity contribution in [2.45, 2.75) is 142 Å². The van der Waals surface area contributed by atoms with Gasteiger partial charge in [-0.15, -0.1) is 0 Å². The first-order valence-electron chi connectivity index (χ1n) is 18.0. The number of aliphatic hydroxyl groups excluding tert-OH is 1. The van der Waals surface area contributed by atoms with Gasteiger partial charge in [0.25, 0.3) is 7.82 Å². The second-order valence-corrected chi connectivity index (χ2v) is 14.6. The van der Waals surface area contributed by atoms with Gasteiger partial charge in [-0.05, 0) is 64.2 Å². The van der Waals surface area contributed by atoms with Crippen molar-refractivity contribution in [3.63, 3.8) is 0 Å². The van der Waals surface area contributed by atoms with Crippen molar-refractivity contribution in [1.29, 1.82) is 0 Å². The normalized spacial score (nSPS) is 15.4. The van der Waals surface area contributed by atoms with E-state index in [4.69, 9.17) is 9.05 Å². The number of quaternary nitrogens is 1. The van der Waals surface area contributed by atoms with Gasteiger partial charge in [-0.2, -0.15) is 0 Å². The highest BCUT2D eigenvalue weighted by Gasteiger charge is 2.23. The van der Waals surface area contributed by atoms with Crippen molar-refractivity contribution in [1.82, 2.24) is 5.32 Å². The van der Waals surface area contributed by atoms with Crippen LogP contribution >= 0.6 is 7.82 Å². The Kier molecular flexibility index (Phi) is 28.6. The zero-order valence-corrected chi connectivity index (χ0v) is 30.9. The monoisotopic (exact) mass is 668 g/mol. The van der Waals surface area contributed by atoms with E-state index in [0.29, 0.717) is 17.4 Å². The highest BCUT2D eigenvalue weighted by molar-refractivity contribution is 7.45. The van der Waals surface area contributed by atoms with E-state index in [1.54, 1.807) is 6.08 Å². The molecule has 3 unspecified atom stereocenters.